The molecule has 2 rings (SSSR count). The number of H-pyrrole nitrogens is 1. The minimum Gasteiger partial charge on any atom is -0.359 e. The van der Waals surface area contributed by atoms with Crippen molar-refractivity contribution in [3.05, 3.63) is 52.7 Å². The van der Waals surface area contributed by atoms with Gasteiger partial charge in [-0.3, -0.25) is 9.59 Å². The van der Waals surface area contributed by atoms with Gasteiger partial charge in [0, 0.05) is 32.6 Å². The number of nitrogens with zero attached hydrogens (tertiary/aromatic N) is 2. The topological polar surface area (TPSA) is 92.2 Å². The van der Waals surface area contributed by atoms with Crippen LogP contribution in [0.15, 0.2) is 46.3 Å². The second-order valence-electron chi connectivity index (χ2n) is 4.63. The molecule has 0 bridgehead atoms. The normalized spacial score (nSPS) is 11.8. The van der Waals surface area contributed by atoms with E-state index in [0.29, 0.717) is 5.69 Å². The zero-order valence-corrected chi connectivity index (χ0v) is 12.4. The Balaban J connectivity index is 2.37. The van der Waals surface area contributed by atoms with E-state index in [0.717, 1.165) is 14.9 Å². The summed E-state index contributed by atoms with van der Waals surface area (Å²) in [6.07, 6.45) is 2.78. The van der Waals surface area contributed by atoms with Crippen LogP contribution >= 0.6 is 0 Å². The molecule has 0 aromatic carbocycles. The van der Waals surface area contributed by atoms with Gasteiger partial charge in [-0.05, 0) is 18.2 Å². The number of aromatic nitrogens is 2. The second kappa shape index (κ2) is 5.66. The van der Waals surface area contributed by atoms with E-state index in [-0.39, 0.29) is 17.2 Å². The molecule has 0 spiro atoms. The number of sulfonamides is 1. The monoisotopic (exact) mass is 309 g/mol. The van der Waals surface area contributed by atoms with E-state index >= 15 is 0 Å². The maximum absolute atomic E-state index is 12.0. The molecular formula is C13H15N3O4S. The Morgan fingerprint density at radius 2 is 2.00 bits per heavy atom. The molecule has 7 nitrogen and oxygen atoms in total. The van der Waals surface area contributed by atoms with Crippen LogP contribution in [-0.2, 0) is 16.6 Å². The first kappa shape index (κ1) is 15.2. The molecule has 2 aromatic rings. The van der Waals surface area contributed by atoms with Crippen LogP contribution in [0.4, 0.5) is 0 Å². The Hall–Kier alpha value is -2.19. The fraction of sp³-hybridized carbons (Fsp3) is 0.231. The minimum absolute atomic E-state index is 0.0358. The third-order valence-electron chi connectivity index (χ3n) is 2.95. The number of carbonyl (C=O) groups excluding carboxylic acids is 1. The summed E-state index contributed by atoms with van der Waals surface area (Å²) in [7, 11) is -0.856. The van der Waals surface area contributed by atoms with Crippen molar-refractivity contribution < 1.29 is 13.2 Å². The Kier molecular flexibility index (Phi) is 4.10. The van der Waals surface area contributed by atoms with Crippen LogP contribution in [0.1, 0.15) is 10.5 Å². The van der Waals surface area contributed by atoms with E-state index in [9.17, 15) is 18.0 Å². The van der Waals surface area contributed by atoms with Crippen molar-refractivity contribution in [1.29, 1.82) is 0 Å². The van der Waals surface area contributed by atoms with Gasteiger partial charge in [0.25, 0.3) is 5.56 Å². The molecule has 1 N–H and O–H groups in total. The first-order valence-electron chi connectivity index (χ1n) is 6.12. The average Bonchev–Trinajstić information content (AvgIpc) is 2.94. The van der Waals surface area contributed by atoms with E-state index in [1.165, 1.54) is 26.4 Å². The SMILES string of the molecule is CN(C)S(=O)(=O)c1ccc(=O)n(CC(=O)c2ccc[nH]2)c1. The molecular weight excluding hydrogens is 294 g/mol. The van der Waals surface area contributed by atoms with E-state index in [1.54, 1.807) is 18.3 Å². The van der Waals surface area contributed by atoms with Gasteiger partial charge in [-0.2, -0.15) is 0 Å². The summed E-state index contributed by atoms with van der Waals surface area (Å²) < 4.78 is 26.2. The fourth-order valence-corrected chi connectivity index (χ4v) is 2.66. The quantitative estimate of drug-likeness (QED) is 0.805. The van der Waals surface area contributed by atoms with Crippen LogP contribution in [0, 0.1) is 0 Å². The summed E-state index contributed by atoms with van der Waals surface area (Å²) >= 11 is 0. The summed E-state index contributed by atoms with van der Waals surface area (Å²) in [5, 5.41) is 0. The van der Waals surface area contributed by atoms with Crippen molar-refractivity contribution >= 4 is 15.8 Å². The Bertz CT molecular complexity index is 804. The van der Waals surface area contributed by atoms with Gasteiger partial charge in [0.05, 0.1) is 17.1 Å². The number of ketones is 1. The predicted molar refractivity (Wildman–Crippen MR) is 76.7 cm³/mol. The molecule has 2 aromatic heterocycles. The van der Waals surface area contributed by atoms with E-state index in [2.05, 4.69) is 4.98 Å². The van der Waals surface area contributed by atoms with Crippen molar-refractivity contribution in [2.45, 2.75) is 11.4 Å². The average molecular weight is 309 g/mol. The molecule has 112 valence electrons. The number of aromatic amines is 1. The van der Waals surface area contributed by atoms with Gasteiger partial charge in [-0.25, -0.2) is 12.7 Å². The van der Waals surface area contributed by atoms with Crippen LogP contribution in [0.5, 0.6) is 0 Å². The standard InChI is InChI=1S/C13H15N3O4S/c1-15(2)21(19,20)10-5-6-13(18)16(8-10)9-12(17)11-4-3-7-14-11/h3-8,14H,9H2,1-2H3. The lowest BCUT2D eigenvalue weighted by Gasteiger charge is -2.12. The number of carbonyl (C=O) groups is 1. The van der Waals surface area contributed by atoms with Crippen LogP contribution in [0.2, 0.25) is 0 Å². The van der Waals surface area contributed by atoms with Crippen molar-refractivity contribution in [2.75, 3.05) is 14.1 Å². The zero-order valence-electron chi connectivity index (χ0n) is 11.6. The number of hydrogen-bond acceptors (Lipinski definition) is 4. The summed E-state index contributed by atoms with van der Waals surface area (Å²) in [5.41, 5.74) is -0.0737. The molecule has 0 amide bonds. The van der Waals surface area contributed by atoms with Gasteiger partial charge in [0.2, 0.25) is 10.0 Å². The Labute approximate surface area is 121 Å². The molecule has 8 heteroatoms. The lowest BCUT2D eigenvalue weighted by Crippen LogP contribution is -2.27. The van der Waals surface area contributed by atoms with Gasteiger partial charge < -0.3 is 9.55 Å². The highest BCUT2D eigenvalue weighted by Gasteiger charge is 2.19. The third-order valence-corrected chi connectivity index (χ3v) is 4.75. The van der Waals surface area contributed by atoms with Gasteiger partial charge in [-0.1, -0.05) is 0 Å². The molecule has 0 fully saturated rings. The Morgan fingerprint density at radius 3 is 2.57 bits per heavy atom. The highest BCUT2D eigenvalue weighted by Crippen LogP contribution is 2.10. The van der Waals surface area contributed by atoms with Gasteiger partial charge in [0.15, 0.2) is 5.78 Å². The Morgan fingerprint density at radius 1 is 1.29 bits per heavy atom. The van der Waals surface area contributed by atoms with Gasteiger partial charge in [-0.15, -0.1) is 0 Å². The number of rotatable bonds is 5. The summed E-state index contributed by atoms with van der Waals surface area (Å²) in [4.78, 5) is 26.4. The predicted octanol–water partition coefficient (Wildman–Crippen LogP) is 0.310. The first-order chi connectivity index (χ1) is 9.82. The van der Waals surface area contributed by atoms with E-state index in [4.69, 9.17) is 0 Å². The number of hydrogen-bond donors (Lipinski definition) is 1. The number of nitrogens with one attached hydrogen (secondary N) is 1. The van der Waals surface area contributed by atoms with E-state index in [1.807, 2.05) is 0 Å². The zero-order chi connectivity index (χ0) is 15.6. The van der Waals surface area contributed by atoms with Crippen molar-refractivity contribution in [1.82, 2.24) is 13.9 Å². The second-order valence-corrected chi connectivity index (χ2v) is 6.78. The number of pyridine rings is 1. The fourth-order valence-electron chi connectivity index (χ4n) is 1.74. The van der Waals surface area contributed by atoms with Crippen molar-refractivity contribution in [3.8, 4) is 0 Å². The van der Waals surface area contributed by atoms with Crippen LogP contribution in [-0.4, -0.2) is 42.2 Å². The largest absolute Gasteiger partial charge is 0.359 e. The molecule has 0 radical (unpaired) electrons. The highest BCUT2D eigenvalue weighted by molar-refractivity contribution is 7.89. The van der Waals surface area contributed by atoms with E-state index < -0.39 is 15.6 Å². The lowest BCUT2D eigenvalue weighted by molar-refractivity contribution is 0.0966. The summed E-state index contributed by atoms with van der Waals surface area (Å²) in [6.45, 7) is -0.226. The molecule has 0 aliphatic heterocycles. The lowest BCUT2D eigenvalue weighted by atomic mass is 10.3. The molecule has 21 heavy (non-hydrogen) atoms. The maximum atomic E-state index is 12.0. The first-order valence-corrected chi connectivity index (χ1v) is 7.56. The van der Waals surface area contributed by atoms with Crippen molar-refractivity contribution in [3.63, 3.8) is 0 Å². The van der Waals surface area contributed by atoms with Gasteiger partial charge >= 0.3 is 0 Å². The molecule has 0 saturated heterocycles. The highest BCUT2D eigenvalue weighted by atomic mass is 32.2. The smallest absolute Gasteiger partial charge is 0.251 e. The minimum atomic E-state index is -3.65. The van der Waals surface area contributed by atoms with Crippen LogP contribution < -0.4 is 5.56 Å². The molecule has 0 unspecified atom stereocenters. The summed E-state index contributed by atoms with van der Waals surface area (Å²) in [6, 6.07) is 5.63. The van der Waals surface area contributed by atoms with Crippen LogP contribution in [0.25, 0.3) is 0 Å². The van der Waals surface area contributed by atoms with Crippen molar-refractivity contribution in [2.24, 2.45) is 0 Å². The molecule has 0 atom stereocenters. The van der Waals surface area contributed by atoms with Gasteiger partial charge in [0.1, 0.15) is 0 Å². The molecule has 0 aliphatic carbocycles. The molecule has 0 aliphatic rings. The number of Topliss-reactive ketones (excluding diaryl/α,β-unsaturated/α-hetero) is 1. The third kappa shape index (κ3) is 3.11. The molecule has 2 heterocycles. The molecule has 0 saturated carbocycles. The summed E-state index contributed by atoms with van der Waals surface area (Å²) in [5.74, 6) is -0.304. The van der Waals surface area contributed by atoms with Crippen LogP contribution in [0.3, 0.4) is 0 Å². The maximum Gasteiger partial charge on any atom is 0.251 e.